The van der Waals surface area contributed by atoms with Crippen molar-refractivity contribution in [2.75, 3.05) is 13.1 Å². The fourth-order valence-corrected chi connectivity index (χ4v) is 4.12. The largest absolute Gasteiger partial charge is 0.474 e. The van der Waals surface area contributed by atoms with Crippen LogP contribution in [0.2, 0.25) is 5.02 Å². The third-order valence-corrected chi connectivity index (χ3v) is 6.17. The number of benzene rings is 1. The zero-order chi connectivity index (χ0) is 25.2. The lowest BCUT2D eigenvalue weighted by Crippen LogP contribution is -2.57. The lowest BCUT2D eigenvalue weighted by Gasteiger charge is -2.38. The molecule has 1 aliphatic heterocycles. The maximum atomic E-state index is 13.4. The Bertz CT molecular complexity index is 1280. The molecule has 4 rings (SSSR count). The summed E-state index contributed by atoms with van der Waals surface area (Å²) in [5, 5.41) is 3.30. The highest BCUT2D eigenvalue weighted by molar-refractivity contribution is 6.30. The number of nitrogens with zero attached hydrogens (tertiary/aromatic N) is 3. The molecule has 2 amide bonds. The van der Waals surface area contributed by atoms with Gasteiger partial charge in [-0.1, -0.05) is 44.5 Å². The van der Waals surface area contributed by atoms with Crippen molar-refractivity contribution in [3.05, 3.63) is 63.7 Å². The Morgan fingerprint density at radius 3 is 2.54 bits per heavy atom. The molecule has 0 radical (unpaired) electrons. The highest BCUT2D eigenvalue weighted by Crippen LogP contribution is 2.24. The Morgan fingerprint density at radius 2 is 1.89 bits per heavy atom. The van der Waals surface area contributed by atoms with Crippen LogP contribution in [0.3, 0.4) is 0 Å². The number of aromatic amines is 1. The van der Waals surface area contributed by atoms with Gasteiger partial charge in [-0.25, -0.2) is 9.97 Å². The molecule has 0 bridgehead atoms. The summed E-state index contributed by atoms with van der Waals surface area (Å²) in [7, 11) is 0. The van der Waals surface area contributed by atoms with Crippen LogP contribution in [0.15, 0.2) is 47.4 Å². The molecule has 0 saturated carbocycles. The van der Waals surface area contributed by atoms with Gasteiger partial charge in [-0.3, -0.25) is 14.4 Å². The maximum absolute atomic E-state index is 13.4. The van der Waals surface area contributed by atoms with Crippen LogP contribution in [0.1, 0.15) is 44.1 Å². The average molecular weight is 498 g/mol. The zero-order valence-electron chi connectivity index (χ0n) is 19.9. The van der Waals surface area contributed by atoms with Gasteiger partial charge in [0.15, 0.2) is 5.69 Å². The van der Waals surface area contributed by atoms with Gasteiger partial charge in [0, 0.05) is 38.2 Å². The van der Waals surface area contributed by atoms with Gasteiger partial charge in [0.1, 0.15) is 12.1 Å². The first kappa shape index (κ1) is 24.7. The minimum Gasteiger partial charge on any atom is -0.474 e. The van der Waals surface area contributed by atoms with E-state index in [9.17, 15) is 14.4 Å². The minimum absolute atomic E-state index is 0.0734. The first-order valence-corrected chi connectivity index (χ1v) is 11.9. The molecule has 1 aliphatic rings. The highest BCUT2D eigenvalue weighted by atomic mass is 35.5. The van der Waals surface area contributed by atoms with Crippen LogP contribution in [-0.2, 0) is 4.79 Å². The Morgan fingerprint density at radius 1 is 1.17 bits per heavy atom. The average Bonchev–Trinajstić information content (AvgIpc) is 2.82. The van der Waals surface area contributed by atoms with E-state index in [0.717, 1.165) is 0 Å². The van der Waals surface area contributed by atoms with Gasteiger partial charge >= 0.3 is 0 Å². The van der Waals surface area contributed by atoms with Crippen molar-refractivity contribution >= 4 is 34.4 Å². The molecule has 184 valence electrons. The van der Waals surface area contributed by atoms with Crippen LogP contribution in [0.4, 0.5) is 0 Å². The molecule has 1 fully saturated rings. The van der Waals surface area contributed by atoms with E-state index in [-0.39, 0.29) is 17.7 Å². The van der Waals surface area contributed by atoms with Gasteiger partial charge in [-0.2, -0.15) is 0 Å². The van der Waals surface area contributed by atoms with Gasteiger partial charge in [-0.15, -0.1) is 0 Å². The number of pyridine rings is 1. The number of piperidine rings is 1. The number of fused-ring (bicyclic) bond motifs is 1. The summed E-state index contributed by atoms with van der Waals surface area (Å²) in [5.41, 5.74) is -0.426. The Hall–Kier alpha value is -3.46. The predicted molar refractivity (Wildman–Crippen MR) is 133 cm³/mol. The minimum atomic E-state index is -0.835. The molecule has 9 nitrogen and oxygen atoms in total. The van der Waals surface area contributed by atoms with Crippen molar-refractivity contribution in [2.24, 2.45) is 5.41 Å². The van der Waals surface area contributed by atoms with Gasteiger partial charge in [0.05, 0.1) is 16.1 Å². The van der Waals surface area contributed by atoms with Crippen LogP contribution in [-0.4, -0.2) is 56.9 Å². The summed E-state index contributed by atoms with van der Waals surface area (Å²) in [4.78, 5) is 51.7. The van der Waals surface area contributed by atoms with Crippen molar-refractivity contribution in [3.8, 4) is 5.88 Å². The van der Waals surface area contributed by atoms with Crippen molar-refractivity contribution < 1.29 is 14.3 Å². The molecule has 0 aliphatic carbocycles. The fraction of sp³-hybridized carbons (Fsp3) is 0.400. The number of nitrogens with one attached hydrogen (secondary N) is 2. The topological polar surface area (TPSA) is 117 Å². The van der Waals surface area contributed by atoms with Gasteiger partial charge in [0.2, 0.25) is 11.8 Å². The van der Waals surface area contributed by atoms with Crippen LogP contribution in [0, 0.1) is 5.41 Å². The monoisotopic (exact) mass is 497 g/mol. The summed E-state index contributed by atoms with van der Waals surface area (Å²) in [6, 6.07) is 9.56. The summed E-state index contributed by atoms with van der Waals surface area (Å²) in [6.45, 7) is 6.57. The highest BCUT2D eigenvalue weighted by Gasteiger charge is 2.38. The number of carbonyl (C=O) groups is 2. The van der Waals surface area contributed by atoms with Crippen molar-refractivity contribution in [3.63, 3.8) is 0 Å². The number of hydrogen-bond donors (Lipinski definition) is 2. The van der Waals surface area contributed by atoms with E-state index < -0.39 is 22.9 Å². The molecule has 1 aromatic carbocycles. The molecule has 2 N–H and O–H groups in total. The molecule has 1 atom stereocenters. The van der Waals surface area contributed by atoms with Gasteiger partial charge < -0.3 is 19.9 Å². The second kappa shape index (κ2) is 10.0. The summed E-state index contributed by atoms with van der Waals surface area (Å²) in [6.07, 6.45) is 2.72. The molecular formula is C25H28ClN5O4. The number of aromatic nitrogens is 3. The quantitative estimate of drug-likeness (QED) is 0.559. The van der Waals surface area contributed by atoms with E-state index >= 15 is 0 Å². The first-order valence-electron chi connectivity index (χ1n) is 11.5. The van der Waals surface area contributed by atoms with Crippen molar-refractivity contribution in [1.29, 1.82) is 0 Å². The van der Waals surface area contributed by atoms with Crippen molar-refractivity contribution in [2.45, 2.75) is 45.8 Å². The molecule has 2 aromatic heterocycles. The second-order valence-corrected chi connectivity index (χ2v) is 10.1. The molecular weight excluding hydrogens is 470 g/mol. The molecule has 10 heteroatoms. The second-order valence-electron chi connectivity index (χ2n) is 9.66. The van der Waals surface area contributed by atoms with Crippen LogP contribution < -0.4 is 15.6 Å². The SMILES string of the molecule is CC(C)(C)[C@H](NC(=O)c1nc2ccccc2[nH]c1=O)C(=O)N1CCC(Oc2ccc(Cl)cn2)CC1. The molecule has 3 aromatic rings. The number of para-hydroxylation sites is 2. The first-order chi connectivity index (χ1) is 16.6. The number of rotatable bonds is 5. The smallest absolute Gasteiger partial charge is 0.280 e. The van der Waals surface area contributed by atoms with E-state index in [1.54, 1.807) is 41.3 Å². The predicted octanol–water partition coefficient (Wildman–Crippen LogP) is 3.19. The Kier molecular flexibility index (Phi) is 7.07. The zero-order valence-corrected chi connectivity index (χ0v) is 20.6. The van der Waals surface area contributed by atoms with E-state index in [1.165, 1.54) is 6.20 Å². The Labute approximate surface area is 207 Å². The molecule has 1 saturated heterocycles. The van der Waals surface area contributed by atoms with Gasteiger partial charge in [-0.05, 0) is 23.6 Å². The third kappa shape index (κ3) is 5.79. The van der Waals surface area contributed by atoms with Crippen LogP contribution in [0.25, 0.3) is 11.0 Å². The summed E-state index contributed by atoms with van der Waals surface area (Å²) < 4.78 is 5.91. The number of ether oxygens (including phenoxy) is 1. The normalized spacial score (nSPS) is 15.6. The fourth-order valence-electron chi connectivity index (χ4n) is 4.01. The molecule has 0 spiro atoms. The van der Waals surface area contributed by atoms with Crippen LogP contribution in [0.5, 0.6) is 5.88 Å². The lowest BCUT2D eigenvalue weighted by atomic mass is 9.85. The number of amides is 2. The molecule has 3 heterocycles. The Balaban J connectivity index is 1.44. The number of hydrogen-bond acceptors (Lipinski definition) is 6. The molecule has 35 heavy (non-hydrogen) atoms. The van der Waals surface area contributed by atoms with Gasteiger partial charge in [0.25, 0.3) is 11.5 Å². The lowest BCUT2D eigenvalue weighted by molar-refractivity contribution is -0.137. The van der Waals surface area contributed by atoms with Crippen LogP contribution >= 0.6 is 11.6 Å². The maximum Gasteiger partial charge on any atom is 0.280 e. The number of likely N-dealkylation sites (tertiary alicyclic amines) is 1. The van der Waals surface area contributed by atoms with E-state index in [0.29, 0.717) is 47.9 Å². The van der Waals surface area contributed by atoms with Crippen molar-refractivity contribution in [1.82, 2.24) is 25.2 Å². The van der Waals surface area contributed by atoms with E-state index in [4.69, 9.17) is 16.3 Å². The van der Waals surface area contributed by atoms with E-state index in [1.807, 2.05) is 20.8 Å². The number of halogens is 1. The molecule has 0 unspecified atom stereocenters. The standard InChI is InChI=1S/C25H28ClN5O4/c1-25(2,3)21(30-23(33)20-22(32)29-18-7-5-4-6-17(18)28-20)24(34)31-12-10-16(11-13-31)35-19-9-8-15(26)14-27-19/h4-9,14,16,21H,10-13H2,1-3H3,(H,29,32)(H,30,33)/t21-/m1/s1. The number of H-pyrrole nitrogens is 1. The summed E-state index contributed by atoms with van der Waals surface area (Å²) >= 11 is 5.87. The third-order valence-electron chi connectivity index (χ3n) is 5.94. The van der Waals surface area contributed by atoms with E-state index in [2.05, 4.69) is 20.3 Å². The summed E-state index contributed by atoms with van der Waals surface area (Å²) in [5.74, 6) is -0.393. The number of carbonyl (C=O) groups excluding carboxylic acids is 2.